The second-order valence-electron chi connectivity index (χ2n) is 23.5. The highest BCUT2D eigenvalue weighted by molar-refractivity contribution is 6.04. The number of para-hydroxylation sites is 2. The van der Waals surface area contributed by atoms with E-state index in [4.69, 9.17) is 99.2 Å². The molecule has 0 spiro atoms. The zero-order valence-electron chi connectivity index (χ0n) is 86.2. The highest BCUT2D eigenvalue weighted by Crippen LogP contribution is 2.31. The molecule has 0 saturated heterocycles. The number of carbonyl (C=O) groups is 1. The first-order valence-electron chi connectivity index (χ1n) is 47.1. The molecule has 29 N–H and O–H groups in total. The fraction of sp³-hybridized carbons (Fsp3) is 0.254. The molecule has 0 radical (unpaired) electrons. The van der Waals surface area contributed by atoms with E-state index >= 15 is 0 Å². The SMILES string of the molecule is CC.CC.CC.CC.CC.CC.CC.CC.CC.CC.CC.CC.CC.CC.Nc1ccc(-c2ccc(N)cc2)cc1.Nc1ccc(Cc2ccc(N)cc2)cc1.Nc1ccc(N)cc1.Nc1ccc(NC(=O)c2ccc(N)cc2)cc1.Nc1ccc(Oc2ccc(Oc3ccc(N)cc3)cc2)cc1.Nc1ccc(Oc2cccc(Oc3cccc(N)c3)c2)cc1.Nc1ccccc1N. The van der Waals surface area contributed by atoms with Crippen molar-refractivity contribution in [2.75, 3.05) is 85.6 Å². The normalized spacial score (nSPS) is 8.48. The summed E-state index contributed by atoms with van der Waals surface area (Å²) < 4.78 is 23.0. The van der Waals surface area contributed by atoms with Gasteiger partial charge in [0, 0.05) is 91.6 Å². The molecular formula is C114H171N15O5. The van der Waals surface area contributed by atoms with Crippen LogP contribution in [0.2, 0.25) is 0 Å². The molecule has 20 nitrogen and oxygen atoms in total. The molecule has 0 aliphatic rings. The van der Waals surface area contributed by atoms with E-state index in [9.17, 15) is 4.79 Å². The third kappa shape index (κ3) is 63.0. The smallest absolute Gasteiger partial charge is 0.255 e. The highest BCUT2D eigenvalue weighted by Gasteiger charge is 2.08. The van der Waals surface area contributed by atoms with Crippen molar-refractivity contribution in [2.24, 2.45) is 0 Å². The fourth-order valence-electron chi connectivity index (χ4n) is 9.18. The van der Waals surface area contributed by atoms with Gasteiger partial charge in [-0.3, -0.25) is 4.79 Å². The number of amides is 1. The number of nitrogens with two attached hydrogens (primary N) is 14. The Bertz CT molecular complexity index is 4740. The van der Waals surface area contributed by atoms with Crippen LogP contribution < -0.4 is 105 Å². The maximum absolute atomic E-state index is 11.8. The molecule has 0 aromatic heterocycles. The molecule has 134 heavy (non-hydrogen) atoms. The summed E-state index contributed by atoms with van der Waals surface area (Å²) in [5, 5.41) is 2.77. The monoisotopic (exact) mass is 1830 g/mol. The van der Waals surface area contributed by atoms with Crippen LogP contribution in [0, 0.1) is 0 Å². The molecule has 0 aliphatic carbocycles. The molecule has 20 heteroatoms. The molecule has 0 heterocycles. The van der Waals surface area contributed by atoms with Gasteiger partial charge in [0.25, 0.3) is 5.91 Å². The van der Waals surface area contributed by atoms with Gasteiger partial charge in [-0.15, -0.1) is 0 Å². The van der Waals surface area contributed by atoms with E-state index in [1.807, 2.05) is 406 Å². The lowest BCUT2D eigenvalue weighted by Crippen LogP contribution is -2.11. The number of hydrogen-bond donors (Lipinski definition) is 15. The Morgan fingerprint density at radius 1 is 0.194 bits per heavy atom. The Labute approximate surface area is 809 Å². The average molecular weight is 1830 g/mol. The first kappa shape index (κ1) is 132. The summed E-state index contributed by atoms with van der Waals surface area (Å²) >= 11 is 0. The highest BCUT2D eigenvalue weighted by atomic mass is 16.5. The molecule has 1 amide bonds. The lowest BCUT2D eigenvalue weighted by atomic mass is 10.0. The number of nitrogen functional groups attached to an aromatic ring is 14. The van der Waals surface area contributed by atoms with Crippen LogP contribution in [-0.2, 0) is 6.42 Å². The van der Waals surface area contributed by atoms with Gasteiger partial charge in [0.1, 0.15) is 46.0 Å². The van der Waals surface area contributed by atoms with Crippen molar-refractivity contribution < 1.29 is 23.7 Å². The van der Waals surface area contributed by atoms with Crippen molar-refractivity contribution in [3.8, 4) is 57.1 Å². The van der Waals surface area contributed by atoms with Crippen LogP contribution in [-0.4, -0.2) is 5.91 Å². The Morgan fingerprint density at radius 3 is 0.642 bits per heavy atom. The summed E-state index contributed by atoms with van der Waals surface area (Å²) in [6, 6.07) is 103. The Balaban J connectivity index is -0.000000273. The largest absolute Gasteiger partial charge is 0.457 e. The predicted molar refractivity (Wildman–Crippen MR) is 601 cm³/mol. The van der Waals surface area contributed by atoms with Gasteiger partial charge in [-0.25, -0.2) is 0 Å². The van der Waals surface area contributed by atoms with Gasteiger partial charge < -0.3 is 105 Å². The van der Waals surface area contributed by atoms with Gasteiger partial charge in [-0.2, -0.15) is 0 Å². The average Bonchev–Trinajstić information content (AvgIpc) is 0.882. The molecule has 0 saturated carbocycles. The third-order valence-corrected chi connectivity index (χ3v) is 14.9. The summed E-state index contributed by atoms with van der Waals surface area (Å²) in [7, 11) is 0. The standard InChI is InChI=1S/2C18H16N2O2.C13H13N3O.C13H14N2.C12H12N2.2C6H8N2.14C2H6/c19-13-1-5-15(6-2-13)21-17-9-11-18(12-10-17)22-16-7-3-14(20)4-8-16;19-13-7-9-15(10-8-13)21-17-5-2-6-18(12-17)22-16-4-1-3-14(20)11-16;14-10-3-1-9(2-4-10)13(17)16-12-7-5-11(15)6-8-12;14-12-5-1-10(2-6-12)9-11-3-7-13(15)8-4-11;13-11-5-1-9(2-6-11)10-3-7-12(14)8-4-10;7-5-1-2-6(8)4-3-5;7-5-3-1-2-4-6(5)8;14*1-2/h2*1-12H,19-20H2;1-8H,14-15H2,(H,16,17);1-8H,9,14-15H2;1-8H,13-14H2;2*1-4H,7-8H2;14*1-2H3. The van der Waals surface area contributed by atoms with E-state index in [-0.39, 0.29) is 5.91 Å². The van der Waals surface area contributed by atoms with Gasteiger partial charge in [-0.1, -0.05) is 267 Å². The van der Waals surface area contributed by atoms with E-state index in [2.05, 4.69) is 5.32 Å². The molecule has 14 rings (SSSR count). The van der Waals surface area contributed by atoms with E-state index in [0.717, 1.165) is 80.4 Å². The van der Waals surface area contributed by atoms with Crippen molar-refractivity contribution in [3.05, 3.63) is 356 Å². The van der Waals surface area contributed by atoms with Crippen molar-refractivity contribution in [2.45, 2.75) is 200 Å². The van der Waals surface area contributed by atoms with Crippen LogP contribution in [0.4, 0.5) is 85.3 Å². The number of hydrogen-bond acceptors (Lipinski definition) is 19. The number of benzene rings is 14. The van der Waals surface area contributed by atoms with E-state index < -0.39 is 0 Å². The topological polar surface area (TPSA) is 430 Å². The molecular weight excluding hydrogens is 1660 g/mol. The van der Waals surface area contributed by atoms with E-state index in [1.165, 1.54) is 11.1 Å². The van der Waals surface area contributed by atoms with E-state index in [0.29, 0.717) is 74.0 Å². The maximum Gasteiger partial charge on any atom is 0.255 e. The minimum absolute atomic E-state index is 0.172. The summed E-state index contributed by atoms with van der Waals surface area (Å²) in [6.45, 7) is 56.0. The summed E-state index contributed by atoms with van der Waals surface area (Å²) in [5.74, 6) is 5.53. The Hall–Kier alpha value is -15.1. The molecule has 0 fully saturated rings. The summed E-state index contributed by atoms with van der Waals surface area (Å²) in [4.78, 5) is 11.8. The third-order valence-electron chi connectivity index (χ3n) is 14.9. The zero-order valence-corrected chi connectivity index (χ0v) is 86.2. The van der Waals surface area contributed by atoms with Crippen LogP contribution in [0.25, 0.3) is 11.1 Å². The van der Waals surface area contributed by atoms with Crippen molar-refractivity contribution in [3.63, 3.8) is 0 Å². The van der Waals surface area contributed by atoms with E-state index in [1.54, 1.807) is 127 Å². The minimum Gasteiger partial charge on any atom is -0.457 e. The van der Waals surface area contributed by atoms with Crippen LogP contribution in [0.1, 0.15) is 215 Å². The number of nitrogens with one attached hydrogen (secondary N) is 1. The minimum atomic E-state index is -0.172. The first-order valence-corrected chi connectivity index (χ1v) is 47.1. The van der Waals surface area contributed by atoms with Gasteiger partial charge in [0.2, 0.25) is 0 Å². The quantitative estimate of drug-likeness (QED) is 0.0477. The molecule has 14 aromatic rings. The number of ether oxygens (including phenoxy) is 4. The lowest BCUT2D eigenvalue weighted by molar-refractivity contribution is 0.102. The molecule has 732 valence electrons. The van der Waals surface area contributed by atoms with Crippen LogP contribution >= 0.6 is 0 Å². The molecule has 0 atom stereocenters. The number of carbonyl (C=O) groups excluding carboxylic acids is 1. The van der Waals surface area contributed by atoms with Gasteiger partial charge in [0.05, 0.1) is 11.4 Å². The molecule has 0 unspecified atom stereocenters. The molecule has 0 aliphatic heterocycles. The number of rotatable bonds is 13. The maximum atomic E-state index is 11.8. The van der Waals surface area contributed by atoms with Crippen molar-refractivity contribution >= 4 is 91.2 Å². The first-order chi connectivity index (χ1) is 65.1. The zero-order chi connectivity index (χ0) is 104. The van der Waals surface area contributed by atoms with Gasteiger partial charge in [-0.05, 0) is 283 Å². The van der Waals surface area contributed by atoms with Crippen LogP contribution in [0.3, 0.4) is 0 Å². The van der Waals surface area contributed by atoms with Gasteiger partial charge >= 0.3 is 0 Å². The second-order valence-corrected chi connectivity index (χ2v) is 23.5. The fourth-order valence-corrected chi connectivity index (χ4v) is 9.18. The molecule has 0 bridgehead atoms. The summed E-state index contributed by atoms with van der Waals surface area (Å²) in [5.41, 5.74) is 93.9. The number of anilines is 15. The Morgan fingerprint density at radius 2 is 0.388 bits per heavy atom. The van der Waals surface area contributed by atoms with Gasteiger partial charge in [0.15, 0.2) is 0 Å². The predicted octanol–water partition coefficient (Wildman–Crippen LogP) is 32.0. The van der Waals surface area contributed by atoms with Crippen molar-refractivity contribution in [1.82, 2.24) is 0 Å². The van der Waals surface area contributed by atoms with Crippen molar-refractivity contribution in [1.29, 1.82) is 0 Å². The second kappa shape index (κ2) is 89.9. The summed E-state index contributed by atoms with van der Waals surface area (Å²) in [6.07, 6.45) is 0.917. The van der Waals surface area contributed by atoms with Crippen LogP contribution in [0.15, 0.2) is 340 Å². The molecule has 14 aromatic carbocycles. The lowest BCUT2D eigenvalue weighted by Gasteiger charge is -2.09. The Kier molecular flexibility index (Phi) is 88.6. The van der Waals surface area contributed by atoms with Crippen LogP contribution in [0.5, 0.6) is 46.0 Å².